The van der Waals surface area contributed by atoms with Gasteiger partial charge in [-0.25, -0.2) is 4.79 Å². The molecule has 1 aromatic carbocycles. The van der Waals surface area contributed by atoms with Gasteiger partial charge in [0, 0.05) is 30.8 Å². The molecule has 1 aromatic heterocycles. The Bertz CT molecular complexity index is 874. The Hall–Kier alpha value is -2.05. The van der Waals surface area contributed by atoms with Gasteiger partial charge in [0.05, 0.1) is 22.8 Å². The van der Waals surface area contributed by atoms with Crippen molar-refractivity contribution in [1.29, 1.82) is 0 Å². The van der Waals surface area contributed by atoms with Crippen LogP contribution in [0.15, 0.2) is 23.1 Å². The smallest absolute Gasteiger partial charge is 0.343 e. The van der Waals surface area contributed by atoms with E-state index in [4.69, 9.17) is 21.4 Å². The zero-order valence-corrected chi connectivity index (χ0v) is 15.5. The quantitative estimate of drug-likeness (QED) is 0.544. The van der Waals surface area contributed by atoms with Gasteiger partial charge in [0.2, 0.25) is 5.43 Å². The number of rotatable bonds is 8. The largest absolute Gasteiger partial charge is 0.462 e. The average Bonchev–Trinajstić information content (AvgIpc) is 3.45. The van der Waals surface area contributed by atoms with Crippen LogP contribution in [0.1, 0.15) is 49.0 Å². The molecule has 0 radical (unpaired) electrons. The minimum atomic E-state index is -0.596. The summed E-state index contributed by atoms with van der Waals surface area (Å²) in [7, 11) is 0. The molecule has 0 unspecified atom stereocenters. The molecule has 0 bridgehead atoms. The maximum atomic E-state index is 12.9. The highest BCUT2D eigenvalue weighted by molar-refractivity contribution is 6.34. The molecule has 2 aromatic rings. The van der Waals surface area contributed by atoms with Crippen molar-refractivity contribution in [1.82, 2.24) is 4.57 Å². The maximum absolute atomic E-state index is 12.9. The minimum absolute atomic E-state index is 0.0554. The number of pyridine rings is 1. The van der Waals surface area contributed by atoms with E-state index in [0.717, 1.165) is 24.8 Å². The molecule has 1 aliphatic rings. The van der Waals surface area contributed by atoms with Gasteiger partial charge < -0.3 is 19.7 Å². The van der Waals surface area contributed by atoms with E-state index in [2.05, 4.69) is 5.32 Å². The van der Waals surface area contributed by atoms with Crippen LogP contribution in [0.25, 0.3) is 10.9 Å². The Labute approximate surface area is 156 Å². The van der Waals surface area contributed by atoms with Crippen LogP contribution in [0.3, 0.4) is 0 Å². The summed E-state index contributed by atoms with van der Waals surface area (Å²) >= 11 is 6.40. The molecule has 0 aliphatic heterocycles. The number of carbonyl (C=O) groups is 1. The van der Waals surface area contributed by atoms with Gasteiger partial charge in [0.25, 0.3) is 0 Å². The highest BCUT2D eigenvalue weighted by Gasteiger charge is 2.27. The van der Waals surface area contributed by atoms with E-state index in [1.54, 1.807) is 25.3 Å². The molecule has 1 saturated carbocycles. The number of benzene rings is 1. The number of nitrogens with one attached hydrogen (secondary N) is 1. The zero-order chi connectivity index (χ0) is 18.7. The van der Waals surface area contributed by atoms with Crippen LogP contribution in [0.4, 0.5) is 5.69 Å². The first kappa shape index (κ1) is 18.7. The summed E-state index contributed by atoms with van der Waals surface area (Å²) in [5.41, 5.74) is 1.10. The number of hydrogen-bond donors (Lipinski definition) is 2. The highest BCUT2D eigenvalue weighted by atomic mass is 35.5. The maximum Gasteiger partial charge on any atom is 0.343 e. The van der Waals surface area contributed by atoms with Gasteiger partial charge in [-0.2, -0.15) is 0 Å². The highest BCUT2D eigenvalue weighted by Crippen LogP contribution is 2.38. The van der Waals surface area contributed by atoms with E-state index in [1.807, 2.05) is 4.57 Å². The number of esters is 1. The Morgan fingerprint density at radius 1 is 1.38 bits per heavy atom. The van der Waals surface area contributed by atoms with Gasteiger partial charge >= 0.3 is 5.97 Å². The van der Waals surface area contributed by atoms with Crippen molar-refractivity contribution in [2.24, 2.45) is 0 Å². The number of aliphatic hydroxyl groups is 1. The molecular formula is C19H23ClN2O4. The zero-order valence-electron chi connectivity index (χ0n) is 14.8. The lowest BCUT2D eigenvalue weighted by Gasteiger charge is -2.15. The van der Waals surface area contributed by atoms with Gasteiger partial charge in [-0.05, 0) is 44.7 Å². The molecule has 3 rings (SSSR count). The monoisotopic (exact) mass is 378 g/mol. The first-order valence-corrected chi connectivity index (χ1v) is 9.34. The molecule has 6 nitrogen and oxygen atoms in total. The fraction of sp³-hybridized carbons (Fsp3) is 0.474. The number of hydrogen-bond acceptors (Lipinski definition) is 5. The van der Waals surface area contributed by atoms with E-state index in [1.165, 1.54) is 0 Å². The topological polar surface area (TPSA) is 80.6 Å². The van der Waals surface area contributed by atoms with Crippen LogP contribution in [-0.4, -0.2) is 35.4 Å². The summed E-state index contributed by atoms with van der Waals surface area (Å²) in [4.78, 5) is 25.1. The molecule has 1 fully saturated rings. The van der Waals surface area contributed by atoms with E-state index < -0.39 is 5.97 Å². The van der Waals surface area contributed by atoms with E-state index in [-0.39, 0.29) is 30.2 Å². The second kappa shape index (κ2) is 8.10. The Morgan fingerprint density at radius 3 is 2.81 bits per heavy atom. The van der Waals surface area contributed by atoms with Crippen molar-refractivity contribution >= 4 is 34.2 Å². The molecular weight excluding hydrogens is 356 g/mol. The van der Waals surface area contributed by atoms with Gasteiger partial charge in [0.1, 0.15) is 5.56 Å². The third-order valence-electron chi connectivity index (χ3n) is 4.46. The number of halogens is 1. The Morgan fingerprint density at radius 2 is 2.15 bits per heavy atom. The third-order valence-corrected chi connectivity index (χ3v) is 4.77. The van der Waals surface area contributed by atoms with Crippen LogP contribution in [0.2, 0.25) is 5.02 Å². The predicted molar refractivity (Wildman–Crippen MR) is 102 cm³/mol. The normalized spacial score (nSPS) is 13.8. The van der Waals surface area contributed by atoms with Crippen molar-refractivity contribution < 1.29 is 14.6 Å². The fourth-order valence-electron chi connectivity index (χ4n) is 2.97. The number of fused-ring (bicyclic) bond motifs is 1. The first-order valence-electron chi connectivity index (χ1n) is 8.97. The SMILES string of the molecule is CCOC(=O)c1cn(C2CC2)c2cc(Cl)c(NCCCCO)cc2c1=O. The second-order valence-corrected chi connectivity index (χ2v) is 6.84. The summed E-state index contributed by atoms with van der Waals surface area (Å²) in [6.45, 7) is 2.72. The van der Waals surface area contributed by atoms with Crippen molar-refractivity contribution in [3.05, 3.63) is 39.1 Å². The molecule has 0 spiro atoms. The molecule has 7 heteroatoms. The summed E-state index contributed by atoms with van der Waals surface area (Å²) in [6.07, 6.45) is 5.11. The summed E-state index contributed by atoms with van der Waals surface area (Å²) in [6, 6.07) is 3.77. The molecule has 140 valence electrons. The number of aliphatic hydroxyl groups excluding tert-OH is 1. The number of unbranched alkanes of at least 4 members (excludes halogenated alkanes) is 1. The lowest BCUT2D eigenvalue weighted by Crippen LogP contribution is -2.21. The van der Waals surface area contributed by atoms with Crippen molar-refractivity contribution in [3.8, 4) is 0 Å². The first-order chi connectivity index (χ1) is 12.6. The van der Waals surface area contributed by atoms with Crippen LogP contribution in [0.5, 0.6) is 0 Å². The lowest BCUT2D eigenvalue weighted by atomic mass is 10.1. The fourth-order valence-corrected chi connectivity index (χ4v) is 3.20. The predicted octanol–water partition coefficient (Wildman–Crippen LogP) is 3.35. The van der Waals surface area contributed by atoms with Crippen molar-refractivity contribution in [2.45, 2.75) is 38.6 Å². The molecule has 1 aliphatic carbocycles. The summed E-state index contributed by atoms with van der Waals surface area (Å²) < 4.78 is 7.00. The van der Waals surface area contributed by atoms with Gasteiger partial charge in [-0.15, -0.1) is 0 Å². The molecule has 0 atom stereocenters. The Kier molecular flexibility index (Phi) is 5.84. The standard InChI is InChI=1S/C19H23ClN2O4/c1-2-26-19(25)14-11-22(12-5-6-12)17-10-15(20)16(9-13(17)18(14)24)21-7-3-4-8-23/h9-12,21,23H,2-8H2,1H3. The van der Waals surface area contributed by atoms with Crippen molar-refractivity contribution in [2.75, 3.05) is 25.1 Å². The van der Waals surface area contributed by atoms with Gasteiger partial charge in [-0.3, -0.25) is 4.79 Å². The number of aromatic nitrogens is 1. The lowest BCUT2D eigenvalue weighted by molar-refractivity contribution is 0.0524. The molecule has 26 heavy (non-hydrogen) atoms. The Balaban J connectivity index is 2.06. The van der Waals surface area contributed by atoms with E-state index in [9.17, 15) is 9.59 Å². The van der Waals surface area contributed by atoms with Gasteiger partial charge in [-0.1, -0.05) is 11.6 Å². The minimum Gasteiger partial charge on any atom is -0.462 e. The van der Waals surface area contributed by atoms with E-state index >= 15 is 0 Å². The number of carbonyl (C=O) groups excluding carboxylic acids is 1. The number of anilines is 1. The summed E-state index contributed by atoms with van der Waals surface area (Å²) in [5.74, 6) is -0.596. The molecule has 0 saturated heterocycles. The van der Waals surface area contributed by atoms with Gasteiger partial charge in [0.15, 0.2) is 0 Å². The molecule has 2 N–H and O–H groups in total. The van der Waals surface area contributed by atoms with E-state index in [0.29, 0.717) is 29.1 Å². The second-order valence-electron chi connectivity index (χ2n) is 6.44. The average molecular weight is 379 g/mol. The number of nitrogens with zero attached hydrogens (tertiary/aromatic N) is 1. The molecule has 1 heterocycles. The van der Waals surface area contributed by atoms with Crippen molar-refractivity contribution in [3.63, 3.8) is 0 Å². The van der Waals surface area contributed by atoms with Crippen LogP contribution < -0.4 is 10.7 Å². The van der Waals surface area contributed by atoms with Crippen LogP contribution >= 0.6 is 11.6 Å². The van der Waals surface area contributed by atoms with Crippen LogP contribution in [-0.2, 0) is 4.74 Å². The van der Waals surface area contributed by atoms with Crippen LogP contribution in [0, 0.1) is 0 Å². The molecule has 0 amide bonds. The number of ether oxygens (including phenoxy) is 1. The summed E-state index contributed by atoms with van der Waals surface area (Å²) in [5, 5.41) is 13.0. The third kappa shape index (κ3) is 3.86.